The van der Waals surface area contributed by atoms with Crippen LogP contribution in [0.25, 0.3) is 5.65 Å². The van der Waals surface area contributed by atoms with Gasteiger partial charge in [-0.2, -0.15) is 4.98 Å². The highest BCUT2D eigenvalue weighted by Crippen LogP contribution is 2.30. The number of carbonyl (C=O) groups is 2. The van der Waals surface area contributed by atoms with Gasteiger partial charge in [0.05, 0.1) is 6.20 Å². The van der Waals surface area contributed by atoms with Crippen LogP contribution in [0.15, 0.2) is 36.5 Å². The number of benzene rings is 1. The maximum Gasteiger partial charge on any atom is 0.412 e. The van der Waals surface area contributed by atoms with E-state index in [1.54, 1.807) is 55.7 Å². The predicted octanol–water partition coefficient (Wildman–Crippen LogP) is 4.53. The highest BCUT2D eigenvalue weighted by atomic mass is 16.6. The molecule has 0 saturated heterocycles. The number of carbonyl (C=O) groups excluding carboxylic acids is 2. The summed E-state index contributed by atoms with van der Waals surface area (Å²) in [4.78, 5) is 28.3. The number of anilines is 2. The van der Waals surface area contributed by atoms with Gasteiger partial charge in [-0.05, 0) is 64.3 Å². The van der Waals surface area contributed by atoms with E-state index in [0.29, 0.717) is 22.8 Å². The summed E-state index contributed by atoms with van der Waals surface area (Å²) in [5, 5.41) is 9.75. The molecule has 162 valence electrons. The topological polar surface area (TPSA) is 107 Å². The number of pyridine rings is 1. The highest BCUT2D eigenvalue weighted by molar-refractivity contribution is 5.92. The molecule has 0 aliphatic heterocycles. The molecule has 4 rings (SSSR count). The smallest absolute Gasteiger partial charge is 0.412 e. The van der Waals surface area contributed by atoms with E-state index < -0.39 is 11.7 Å². The molecule has 1 aliphatic carbocycles. The Labute approximate surface area is 179 Å². The number of hydrogen-bond donors (Lipinski definition) is 2. The third-order valence-corrected chi connectivity index (χ3v) is 4.55. The van der Waals surface area contributed by atoms with Crippen molar-refractivity contribution in [3.05, 3.63) is 42.1 Å². The number of aromatic nitrogens is 3. The highest BCUT2D eigenvalue weighted by Gasteiger charge is 2.30. The molecular formula is C22H25N5O4. The molecule has 9 nitrogen and oxygen atoms in total. The van der Waals surface area contributed by atoms with Crippen LogP contribution in [-0.2, 0) is 9.53 Å². The molecule has 0 atom stereocenters. The third kappa shape index (κ3) is 5.30. The van der Waals surface area contributed by atoms with Crippen molar-refractivity contribution in [3.8, 4) is 11.5 Å². The summed E-state index contributed by atoms with van der Waals surface area (Å²) in [6, 6.07) is 8.88. The maximum atomic E-state index is 12.0. The Hall–Kier alpha value is -3.62. The first kappa shape index (κ1) is 20.6. The SMILES string of the molecule is Cc1ccc(NC(=O)OC(C)(C)C)cc1Oc1ccc2nc(NC(=O)C3CC3)nn2c1. The van der Waals surface area contributed by atoms with Gasteiger partial charge in [0.1, 0.15) is 17.1 Å². The molecule has 31 heavy (non-hydrogen) atoms. The molecular weight excluding hydrogens is 398 g/mol. The van der Waals surface area contributed by atoms with E-state index in [9.17, 15) is 9.59 Å². The van der Waals surface area contributed by atoms with Crippen LogP contribution in [0.3, 0.4) is 0 Å². The summed E-state index contributed by atoms with van der Waals surface area (Å²) >= 11 is 0. The van der Waals surface area contributed by atoms with Crippen LogP contribution < -0.4 is 15.4 Å². The Morgan fingerprint density at radius 2 is 1.90 bits per heavy atom. The van der Waals surface area contributed by atoms with Crippen molar-refractivity contribution in [2.45, 2.75) is 46.1 Å². The van der Waals surface area contributed by atoms with Crippen LogP contribution >= 0.6 is 0 Å². The number of nitrogens with zero attached hydrogens (tertiary/aromatic N) is 3. The van der Waals surface area contributed by atoms with Crippen molar-refractivity contribution in [3.63, 3.8) is 0 Å². The van der Waals surface area contributed by atoms with Gasteiger partial charge in [0, 0.05) is 17.7 Å². The number of ether oxygens (including phenoxy) is 2. The van der Waals surface area contributed by atoms with E-state index in [-0.39, 0.29) is 17.8 Å². The molecule has 0 radical (unpaired) electrons. The Kier molecular flexibility index (Phi) is 5.26. The summed E-state index contributed by atoms with van der Waals surface area (Å²) in [6.07, 6.45) is 2.98. The fourth-order valence-corrected chi connectivity index (χ4v) is 2.87. The lowest BCUT2D eigenvalue weighted by molar-refractivity contribution is -0.117. The molecule has 1 aliphatic rings. The minimum atomic E-state index is -0.585. The van der Waals surface area contributed by atoms with Crippen LogP contribution in [0, 0.1) is 12.8 Å². The molecule has 2 heterocycles. The van der Waals surface area contributed by atoms with Crippen molar-refractivity contribution < 1.29 is 19.1 Å². The van der Waals surface area contributed by atoms with Crippen molar-refractivity contribution in [2.24, 2.45) is 5.92 Å². The van der Waals surface area contributed by atoms with Gasteiger partial charge in [0.15, 0.2) is 5.65 Å². The van der Waals surface area contributed by atoms with Gasteiger partial charge in [-0.15, -0.1) is 5.10 Å². The second kappa shape index (κ2) is 7.90. The van der Waals surface area contributed by atoms with E-state index in [1.165, 1.54) is 0 Å². The lowest BCUT2D eigenvalue weighted by Crippen LogP contribution is -2.27. The second-order valence-electron chi connectivity index (χ2n) is 8.58. The molecule has 3 aromatic rings. The van der Waals surface area contributed by atoms with Crippen LogP contribution in [0.4, 0.5) is 16.4 Å². The van der Waals surface area contributed by atoms with E-state index in [2.05, 4.69) is 20.7 Å². The molecule has 2 amide bonds. The molecule has 2 N–H and O–H groups in total. The number of hydrogen-bond acceptors (Lipinski definition) is 6. The van der Waals surface area contributed by atoms with Crippen LogP contribution in [0.2, 0.25) is 0 Å². The first-order valence-electron chi connectivity index (χ1n) is 10.1. The number of aryl methyl sites for hydroxylation is 1. The Bertz CT molecular complexity index is 1140. The first-order chi connectivity index (χ1) is 14.7. The molecule has 2 aromatic heterocycles. The molecule has 0 bridgehead atoms. The summed E-state index contributed by atoms with van der Waals surface area (Å²) < 4.78 is 12.8. The summed E-state index contributed by atoms with van der Waals surface area (Å²) in [7, 11) is 0. The van der Waals surface area contributed by atoms with E-state index in [1.807, 2.05) is 13.0 Å². The second-order valence-corrected chi connectivity index (χ2v) is 8.58. The first-order valence-corrected chi connectivity index (χ1v) is 10.1. The van der Waals surface area contributed by atoms with Crippen molar-refractivity contribution >= 4 is 29.3 Å². The number of rotatable bonds is 5. The van der Waals surface area contributed by atoms with E-state index in [0.717, 1.165) is 18.4 Å². The van der Waals surface area contributed by atoms with Crippen LogP contribution in [0.1, 0.15) is 39.2 Å². The summed E-state index contributed by atoms with van der Waals surface area (Å²) in [6.45, 7) is 7.32. The van der Waals surface area contributed by atoms with Crippen LogP contribution in [0.5, 0.6) is 11.5 Å². The normalized spacial score (nSPS) is 13.7. The minimum absolute atomic E-state index is 0.0442. The lowest BCUT2D eigenvalue weighted by Gasteiger charge is -2.20. The number of fused-ring (bicyclic) bond motifs is 1. The third-order valence-electron chi connectivity index (χ3n) is 4.55. The average Bonchev–Trinajstić information content (AvgIpc) is 3.44. The Morgan fingerprint density at radius 1 is 1.13 bits per heavy atom. The summed E-state index contributed by atoms with van der Waals surface area (Å²) in [5.41, 5.74) is 1.46. The molecule has 0 unspecified atom stereocenters. The van der Waals surface area contributed by atoms with E-state index in [4.69, 9.17) is 9.47 Å². The van der Waals surface area contributed by atoms with E-state index >= 15 is 0 Å². The van der Waals surface area contributed by atoms with Gasteiger partial charge in [0.2, 0.25) is 11.9 Å². The van der Waals surface area contributed by atoms with Crippen LogP contribution in [-0.4, -0.2) is 32.2 Å². The summed E-state index contributed by atoms with van der Waals surface area (Å²) in [5.74, 6) is 1.42. The zero-order valence-corrected chi connectivity index (χ0v) is 17.9. The molecule has 1 fully saturated rings. The largest absolute Gasteiger partial charge is 0.455 e. The fraction of sp³-hybridized carbons (Fsp3) is 0.364. The quantitative estimate of drug-likeness (QED) is 0.625. The molecule has 0 spiro atoms. The number of nitrogens with one attached hydrogen (secondary N) is 2. The predicted molar refractivity (Wildman–Crippen MR) is 115 cm³/mol. The minimum Gasteiger partial charge on any atom is -0.455 e. The Morgan fingerprint density at radius 3 is 2.61 bits per heavy atom. The van der Waals surface area contributed by atoms with Crippen molar-refractivity contribution in [1.29, 1.82) is 0 Å². The Balaban J connectivity index is 1.48. The lowest BCUT2D eigenvalue weighted by atomic mass is 10.2. The van der Waals surface area contributed by atoms with Gasteiger partial charge >= 0.3 is 6.09 Å². The van der Waals surface area contributed by atoms with Gasteiger partial charge < -0.3 is 9.47 Å². The zero-order valence-electron chi connectivity index (χ0n) is 17.9. The van der Waals surface area contributed by atoms with Gasteiger partial charge in [-0.3, -0.25) is 15.4 Å². The van der Waals surface area contributed by atoms with Gasteiger partial charge in [0.25, 0.3) is 0 Å². The molecule has 1 saturated carbocycles. The average molecular weight is 423 g/mol. The standard InChI is InChI=1S/C22H25N5O4/c1-13-5-8-15(23-21(29)31-22(2,3)4)11-17(13)30-16-9-10-18-24-20(26-27(18)12-16)25-19(28)14-6-7-14/h5,8-12,14H,6-7H2,1-4H3,(H,23,29)(H,25,26,28). The van der Waals surface area contributed by atoms with Gasteiger partial charge in [-0.25, -0.2) is 9.31 Å². The van der Waals surface area contributed by atoms with Crippen molar-refractivity contribution in [1.82, 2.24) is 14.6 Å². The number of amides is 2. The maximum absolute atomic E-state index is 12.0. The van der Waals surface area contributed by atoms with Crippen molar-refractivity contribution in [2.75, 3.05) is 10.6 Å². The fourth-order valence-electron chi connectivity index (χ4n) is 2.87. The molecule has 9 heteroatoms. The zero-order chi connectivity index (χ0) is 22.2. The van der Waals surface area contributed by atoms with Gasteiger partial charge in [-0.1, -0.05) is 6.07 Å². The molecule has 1 aromatic carbocycles. The monoisotopic (exact) mass is 423 g/mol.